The van der Waals surface area contributed by atoms with E-state index in [1.54, 1.807) is 0 Å². The first-order valence-electron chi connectivity index (χ1n) is 6.58. The number of nitrogens with zero attached hydrogens (tertiary/aromatic N) is 3. The van der Waals surface area contributed by atoms with Crippen LogP contribution in [-0.2, 0) is 11.2 Å². The van der Waals surface area contributed by atoms with Gasteiger partial charge in [-0.3, -0.25) is 4.79 Å². The van der Waals surface area contributed by atoms with Crippen LogP contribution in [0.2, 0.25) is 5.15 Å². The fourth-order valence-corrected chi connectivity index (χ4v) is 1.93. The van der Waals surface area contributed by atoms with E-state index >= 15 is 0 Å². The molecule has 5 nitrogen and oxygen atoms in total. The maximum Gasteiger partial charge on any atom is 0.239 e. The van der Waals surface area contributed by atoms with E-state index in [0.29, 0.717) is 30.5 Å². The Morgan fingerprint density at radius 1 is 1.32 bits per heavy atom. The van der Waals surface area contributed by atoms with E-state index in [9.17, 15) is 4.79 Å². The van der Waals surface area contributed by atoms with Crippen LogP contribution in [-0.4, -0.2) is 35.5 Å². The predicted octanol–water partition coefficient (Wildman–Crippen LogP) is 1.96. The molecule has 1 aromatic rings. The van der Waals surface area contributed by atoms with E-state index in [1.807, 2.05) is 32.6 Å². The number of aromatic nitrogens is 2. The van der Waals surface area contributed by atoms with Gasteiger partial charge in [0, 0.05) is 25.1 Å². The summed E-state index contributed by atoms with van der Waals surface area (Å²) in [7, 11) is 0. The lowest BCUT2D eigenvalue weighted by molar-refractivity contribution is -0.119. The highest BCUT2D eigenvalue weighted by atomic mass is 35.5. The molecule has 0 aliphatic carbocycles. The van der Waals surface area contributed by atoms with Crippen LogP contribution in [0, 0.1) is 6.92 Å². The van der Waals surface area contributed by atoms with Gasteiger partial charge in [-0.15, -0.1) is 0 Å². The van der Waals surface area contributed by atoms with Gasteiger partial charge in [0.05, 0.1) is 6.54 Å². The van der Waals surface area contributed by atoms with Crippen molar-refractivity contribution < 1.29 is 4.79 Å². The molecule has 0 saturated heterocycles. The van der Waals surface area contributed by atoms with Gasteiger partial charge in [-0.1, -0.05) is 18.5 Å². The van der Waals surface area contributed by atoms with Crippen molar-refractivity contribution in [1.29, 1.82) is 0 Å². The number of aryl methyl sites for hydroxylation is 1. The summed E-state index contributed by atoms with van der Waals surface area (Å²) >= 11 is 6.12. The molecular formula is C13H21ClN4O. The molecule has 1 heterocycles. The number of carbonyl (C=O) groups excluding carboxylic acids is 1. The molecule has 0 spiro atoms. The van der Waals surface area contributed by atoms with Crippen molar-refractivity contribution in [2.24, 2.45) is 0 Å². The Morgan fingerprint density at radius 3 is 2.53 bits per heavy atom. The summed E-state index contributed by atoms with van der Waals surface area (Å²) in [5.41, 5.74) is 0.810. The largest absolute Gasteiger partial charge is 0.355 e. The monoisotopic (exact) mass is 284 g/mol. The summed E-state index contributed by atoms with van der Waals surface area (Å²) in [6.07, 6.45) is 0.714. The number of hydrogen-bond acceptors (Lipinski definition) is 4. The normalized spacial score (nSPS) is 10.4. The van der Waals surface area contributed by atoms with Gasteiger partial charge in [-0.2, -0.15) is 0 Å². The molecule has 0 fully saturated rings. The standard InChI is InChI=1S/C13H21ClN4O/c1-5-10-16-12(14)9(4)13(17-10)18(7-3)8-11(19)15-6-2/h5-8H2,1-4H3,(H,15,19). The van der Waals surface area contributed by atoms with Gasteiger partial charge >= 0.3 is 0 Å². The molecule has 1 amide bonds. The Morgan fingerprint density at radius 2 is 2.00 bits per heavy atom. The third-order valence-corrected chi connectivity index (χ3v) is 3.18. The van der Waals surface area contributed by atoms with Crippen molar-refractivity contribution in [2.75, 3.05) is 24.5 Å². The highest BCUT2D eigenvalue weighted by molar-refractivity contribution is 6.30. The lowest BCUT2D eigenvalue weighted by Gasteiger charge is -2.23. The topological polar surface area (TPSA) is 58.1 Å². The molecule has 0 aromatic carbocycles. The van der Waals surface area contributed by atoms with Gasteiger partial charge in [0.15, 0.2) is 0 Å². The Hall–Kier alpha value is -1.36. The molecule has 0 saturated carbocycles. The second kappa shape index (κ2) is 7.28. The molecule has 1 N–H and O–H groups in total. The number of likely N-dealkylation sites (N-methyl/N-ethyl adjacent to an activating group) is 2. The van der Waals surface area contributed by atoms with Gasteiger partial charge in [0.2, 0.25) is 5.91 Å². The molecule has 0 aliphatic heterocycles. The predicted molar refractivity (Wildman–Crippen MR) is 77.7 cm³/mol. The Balaban J connectivity index is 3.03. The van der Waals surface area contributed by atoms with Gasteiger partial charge in [-0.05, 0) is 20.8 Å². The Kier molecular flexibility index (Phi) is 6.02. The van der Waals surface area contributed by atoms with Gasteiger partial charge < -0.3 is 10.2 Å². The molecule has 0 radical (unpaired) electrons. The average Bonchev–Trinajstić information content (AvgIpc) is 2.39. The highest BCUT2D eigenvalue weighted by Gasteiger charge is 2.16. The smallest absolute Gasteiger partial charge is 0.239 e. The highest BCUT2D eigenvalue weighted by Crippen LogP contribution is 2.23. The van der Waals surface area contributed by atoms with Crippen LogP contribution >= 0.6 is 11.6 Å². The molecule has 19 heavy (non-hydrogen) atoms. The van der Waals surface area contributed by atoms with Crippen molar-refractivity contribution in [3.8, 4) is 0 Å². The first kappa shape index (κ1) is 15.7. The van der Waals surface area contributed by atoms with Crippen molar-refractivity contribution in [3.63, 3.8) is 0 Å². The zero-order valence-corrected chi connectivity index (χ0v) is 12.7. The fourth-order valence-electron chi connectivity index (χ4n) is 1.75. The van der Waals surface area contributed by atoms with Crippen LogP contribution in [0.15, 0.2) is 0 Å². The van der Waals surface area contributed by atoms with E-state index in [1.165, 1.54) is 0 Å². The third-order valence-electron chi connectivity index (χ3n) is 2.81. The number of carbonyl (C=O) groups is 1. The van der Waals surface area contributed by atoms with Crippen molar-refractivity contribution in [2.45, 2.75) is 34.1 Å². The van der Waals surface area contributed by atoms with Gasteiger partial charge in [0.1, 0.15) is 16.8 Å². The number of nitrogens with one attached hydrogen (secondary N) is 1. The minimum atomic E-state index is -0.0171. The van der Waals surface area contributed by atoms with Crippen LogP contribution in [0.5, 0.6) is 0 Å². The van der Waals surface area contributed by atoms with E-state index in [-0.39, 0.29) is 12.5 Å². The zero-order chi connectivity index (χ0) is 14.4. The molecule has 0 bridgehead atoms. The minimum absolute atomic E-state index is 0.0171. The summed E-state index contributed by atoms with van der Waals surface area (Å²) in [6.45, 7) is 9.33. The van der Waals surface area contributed by atoms with Crippen LogP contribution in [0.1, 0.15) is 32.2 Å². The Labute approximate surface area is 119 Å². The van der Waals surface area contributed by atoms with E-state index in [4.69, 9.17) is 11.6 Å². The average molecular weight is 285 g/mol. The molecule has 0 aliphatic rings. The van der Waals surface area contributed by atoms with Crippen molar-refractivity contribution >= 4 is 23.3 Å². The first-order valence-corrected chi connectivity index (χ1v) is 6.95. The van der Waals surface area contributed by atoms with Gasteiger partial charge in [-0.25, -0.2) is 9.97 Å². The number of anilines is 1. The molecule has 6 heteroatoms. The maximum absolute atomic E-state index is 11.7. The summed E-state index contributed by atoms with van der Waals surface area (Å²) in [4.78, 5) is 22.3. The quantitative estimate of drug-likeness (QED) is 0.812. The minimum Gasteiger partial charge on any atom is -0.355 e. The van der Waals surface area contributed by atoms with E-state index in [2.05, 4.69) is 15.3 Å². The molecule has 106 valence electrons. The lowest BCUT2D eigenvalue weighted by Crippen LogP contribution is -2.38. The second-order valence-corrected chi connectivity index (χ2v) is 4.56. The fraction of sp³-hybridized carbons (Fsp3) is 0.615. The summed E-state index contributed by atoms with van der Waals surface area (Å²) in [6, 6.07) is 0. The van der Waals surface area contributed by atoms with Crippen LogP contribution in [0.4, 0.5) is 5.82 Å². The number of amides is 1. The van der Waals surface area contributed by atoms with Gasteiger partial charge in [0.25, 0.3) is 0 Å². The van der Waals surface area contributed by atoms with E-state index in [0.717, 1.165) is 11.4 Å². The molecule has 0 unspecified atom stereocenters. The second-order valence-electron chi connectivity index (χ2n) is 4.20. The summed E-state index contributed by atoms with van der Waals surface area (Å²) in [5, 5.41) is 3.24. The Bertz CT molecular complexity index is 451. The molecule has 0 atom stereocenters. The van der Waals surface area contributed by atoms with E-state index < -0.39 is 0 Å². The SMILES string of the molecule is CCNC(=O)CN(CC)c1nc(CC)nc(Cl)c1C. The molecular weight excluding hydrogens is 264 g/mol. The summed E-state index contributed by atoms with van der Waals surface area (Å²) in [5.74, 6) is 1.42. The van der Waals surface area contributed by atoms with Crippen LogP contribution in [0.3, 0.4) is 0 Å². The third kappa shape index (κ3) is 4.06. The lowest BCUT2D eigenvalue weighted by atomic mass is 10.3. The summed E-state index contributed by atoms with van der Waals surface area (Å²) < 4.78 is 0. The number of halogens is 1. The van der Waals surface area contributed by atoms with Crippen molar-refractivity contribution in [1.82, 2.24) is 15.3 Å². The van der Waals surface area contributed by atoms with Crippen LogP contribution < -0.4 is 10.2 Å². The number of hydrogen-bond donors (Lipinski definition) is 1. The first-order chi connectivity index (χ1) is 9.03. The van der Waals surface area contributed by atoms with Crippen LogP contribution in [0.25, 0.3) is 0 Å². The molecule has 1 aromatic heterocycles. The molecule has 1 rings (SSSR count). The zero-order valence-electron chi connectivity index (χ0n) is 12.0. The number of rotatable bonds is 6. The van der Waals surface area contributed by atoms with Crippen molar-refractivity contribution in [3.05, 3.63) is 16.5 Å². The maximum atomic E-state index is 11.7.